The van der Waals surface area contributed by atoms with Crippen molar-refractivity contribution in [1.82, 2.24) is 10.3 Å². The first-order valence-electron chi connectivity index (χ1n) is 8.81. The van der Waals surface area contributed by atoms with E-state index >= 15 is 0 Å². The third-order valence-corrected chi connectivity index (χ3v) is 4.35. The number of ether oxygens (including phenoxy) is 1. The molecule has 1 heterocycles. The van der Waals surface area contributed by atoms with Crippen molar-refractivity contribution in [3.8, 4) is 5.75 Å². The van der Waals surface area contributed by atoms with Crippen LogP contribution in [0.3, 0.4) is 0 Å². The normalized spacial score (nSPS) is 10.3. The third-order valence-electron chi connectivity index (χ3n) is 4.35. The molecule has 5 heteroatoms. The van der Waals surface area contributed by atoms with Gasteiger partial charge in [-0.15, -0.1) is 0 Å². The Morgan fingerprint density at radius 1 is 1.04 bits per heavy atom. The molecule has 0 aliphatic heterocycles. The van der Waals surface area contributed by atoms with E-state index in [1.165, 1.54) is 11.1 Å². The predicted octanol–water partition coefficient (Wildman–Crippen LogP) is 3.94. The van der Waals surface area contributed by atoms with Crippen LogP contribution in [0, 0.1) is 6.92 Å². The Hall–Kier alpha value is -3.34. The Morgan fingerprint density at radius 2 is 1.81 bits per heavy atom. The highest BCUT2D eigenvalue weighted by molar-refractivity contribution is 5.93. The number of hydrogen-bond donors (Lipinski definition) is 2. The summed E-state index contributed by atoms with van der Waals surface area (Å²) in [4.78, 5) is 16.6. The molecule has 0 saturated carbocycles. The summed E-state index contributed by atoms with van der Waals surface area (Å²) in [7, 11) is 1.63. The maximum Gasteiger partial charge on any atom is 0.270 e. The Labute approximate surface area is 159 Å². The molecule has 138 valence electrons. The fourth-order valence-corrected chi connectivity index (χ4v) is 2.69. The van der Waals surface area contributed by atoms with Gasteiger partial charge in [-0.2, -0.15) is 0 Å². The van der Waals surface area contributed by atoms with E-state index < -0.39 is 0 Å². The number of pyridine rings is 1. The average Bonchev–Trinajstić information content (AvgIpc) is 2.72. The minimum absolute atomic E-state index is 0.203. The summed E-state index contributed by atoms with van der Waals surface area (Å²) in [6, 6.07) is 19.4. The molecule has 0 aliphatic rings. The van der Waals surface area contributed by atoms with Crippen molar-refractivity contribution in [3.05, 3.63) is 89.2 Å². The van der Waals surface area contributed by atoms with Gasteiger partial charge in [-0.1, -0.05) is 36.4 Å². The minimum Gasteiger partial charge on any atom is -0.497 e. The highest BCUT2D eigenvalue weighted by Gasteiger charge is 2.08. The van der Waals surface area contributed by atoms with Crippen LogP contribution < -0.4 is 15.4 Å². The number of aryl methyl sites for hydroxylation is 1. The number of nitrogens with zero attached hydrogens (tertiary/aromatic N) is 1. The molecule has 0 radical (unpaired) electrons. The summed E-state index contributed by atoms with van der Waals surface area (Å²) in [6.45, 7) is 3.22. The van der Waals surface area contributed by atoms with Gasteiger partial charge in [-0.3, -0.25) is 9.78 Å². The molecule has 1 aromatic heterocycles. The molecule has 2 N–H and O–H groups in total. The largest absolute Gasteiger partial charge is 0.497 e. The van der Waals surface area contributed by atoms with Crippen LogP contribution in [0.5, 0.6) is 5.75 Å². The Kier molecular flexibility index (Phi) is 6.05. The van der Waals surface area contributed by atoms with Crippen LogP contribution in [0.1, 0.15) is 27.2 Å². The number of carbonyl (C=O) groups excluding carboxylic acids is 1. The van der Waals surface area contributed by atoms with Gasteiger partial charge in [0.25, 0.3) is 5.91 Å². The molecule has 0 atom stereocenters. The maximum atomic E-state index is 12.4. The van der Waals surface area contributed by atoms with E-state index in [9.17, 15) is 4.79 Å². The van der Waals surface area contributed by atoms with Crippen LogP contribution in [0.2, 0.25) is 0 Å². The standard InChI is InChI=1S/C22H23N3O2/c1-16-5-3-4-6-18(16)15-24-19-11-12-23-21(13-19)22(26)25-14-17-7-9-20(27-2)10-8-17/h3-13H,14-15H2,1-2H3,(H,23,24)(H,25,26). The SMILES string of the molecule is COc1ccc(CNC(=O)c2cc(NCc3ccccc3C)ccn2)cc1. The zero-order valence-electron chi connectivity index (χ0n) is 15.5. The number of nitrogens with one attached hydrogen (secondary N) is 2. The molecule has 5 nitrogen and oxygen atoms in total. The summed E-state index contributed by atoms with van der Waals surface area (Å²) < 4.78 is 5.14. The van der Waals surface area contributed by atoms with Gasteiger partial charge in [0, 0.05) is 25.0 Å². The number of aromatic nitrogens is 1. The van der Waals surface area contributed by atoms with Crippen molar-refractivity contribution < 1.29 is 9.53 Å². The Balaban J connectivity index is 1.58. The van der Waals surface area contributed by atoms with Crippen molar-refractivity contribution in [2.75, 3.05) is 12.4 Å². The summed E-state index contributed by atoms with van der Waals surface area (Å²) >= 11 is 0. The van der Waals surface area contributed by atoms with E-state index in [1.54, 1.807) is 19.4 Å². The van der Waals surface area contributed by atoms with Crippen molar-refractivity contribution >= 4 is 11.6 Å². The fourth-order valence-electron chi connectivity index (χ4n) is 2.69. The summed E-state index contributed by atoms with van der Waals surface area (Å²) in [5.74, 6) is 0.588. The van der Waals surface area contributed by atoms with Gasteiger partial charge in [0.1, 0.15) is 11.4 Å². The highest BCUT2D eigenvalue weighted by atomic mass is 16.5. The van der Waals surface area contributed by atoms with Crippen LogP contribution in [0.4, 0.5) is 5.69 Å². The van der Waals surface area contributed by atoms with Crippen molar-refractivity contribution in [3.63, 3.8) is 0 Å². The van der Waals surface area contributed by atoms with Crippen LogP contribution >= 0.6 is 0 Å². The van der Waals surface area contributed by atoms with E-state index in [1.807, 2.05) is 42.5 Å². The molecule has 3 aromatic rings. The fraction of sp³-hybridized carbons (Fsp3) is 0.182. The number of methoxy groups -OCH3 is 1. The summed E-state index contributed by atoms with van der Waals surface area (Å²) in [5.41, 5.74) is 4.70. The molecule has 2 aromatic carbocycles. The number of hydrogen-bond acceptors (Lipinski definition) is 4. The number of carbonyl (C=O) groups is 1. The molecule has 0 fully saturated rings. The lowest BCUT2D eigenvalue weighted by Crippen LogP contribution is -2.23. The molecular weight excluding hydrogens is 338 g/mol. The van der Waals surface area contributed by atoms with Gasteiger partial charge in [0.05, 0.1) is 7.11 Å². The average molecular weight is 361 g/mol. The molecule has 0 bridgehead atoms. The van der Waals surface area contributed by atoms with Crippen molar-refractivity contribution in [2.24, 2.45) is 0 Å². The Bertz CT molecular complexity index is 907. The summed E-state index contributed by atoms with van der Waals surface area (Å²) in [5, 5.41) is 6.24. The van der Waals surface area contributed by atoms with Gasteiger partial charge in [0.2, 0.25) is 0 Å². The second-order valence-corrected chi connectivity index (χ2v) is 6.24. The van der Waals surface area contributed by atoms with E-state index in [4.69, 9.17) is 4.74 Å². The van der Waals surface area contributed by atoms with Crippen molar-refractivity contribution in [2.45, 2.75) is 20.0 Å². The monoisotopic (exact) mass is 361 g/mol. The summed E-state index contributed by atoms with van der Waals surface area (Å²) in [6.07, 6.45) is 1.64. The first-order valence-corrected chi connectivity index (χ1v) is 8.81. The van der Waals surface area contributed by atoms with Gasteiger partial charge < -0.3 is 15.4 Å². The van der Waals surface area contributed by atoms with Crippen LogP contribution in [0.15, 0.2) is 66.9 Å². The smallest absolute Gasteiger partial charge is 0.270 e. The van der Waals surface area contributed by atoms with Crippen LogP contribution in [0.25, 0.3) is 0 Å². The van der Waals surface area contributed by atoms with E-state index in [-0.39, 0.29) is 5.91 Å². The van der Waals surface area contributed by atoms with Gasteiger partial charge in [-0.25, -0.2) is 0 Å². The lowest BCUT2D eigenvalue weighted by atomic mass is 10.1. The number of anilines is 1. The first kappa shape index (κ1) is 18.5. The quantitative estimate of drug-likeness (QED) is 0.669. The molecule has 0 unspecified atom stereocenters. The highest BCUT2D eigenvalue weighted by Crippen LogP contribution is 2.14. The van der Waals surface area contributed by atoms with Crippen molar-refractivity contribution in [1.29, 1.82) is 0 Å². The Morgan fingerprint density at radius 3 is 2.56 bits per heavy atom. The predicted molar refractivity (Wildman–Crippen MR) is 107 cm³/mol. The molecule has 0 spiro atoms. The van der Waals surface area contributed by atoms with E-state index in [2.05, 4.69) is 34.7 Å². The lowest BCUT2D eigenvalue weighted by molar-refractivity contribution is 0.0946. The number of rotatable bonds is 7. The molecule has 0 aliphatic carbocycles. The molecule has 3 rings (SSSR count). The van der Waals surface area contributed by atoms with E-state index in [0.717, 1.165) is 17.0 Å². The molecular formula is C22H23N3O2. The van der Waals surface area contributed by atoms with Crippen LogP contribution in [-0.4, -0.2) is 18.0 Å². The first-order chi connectivity index (χ1) is 13.2. The lowest BCUT2D eigenvalue weighted by Gasteiger charge is -2.10. The number of amides is 1. The second kappa shape index (κ2) is 8.85. The zero-order chi connectivity index (χ0) is 19.1. The number of benzene rings is 2. The molecule has 1 amide bonds. The second-order valence-electron chi connectivity index (χ2n) is 6.24. The van der Waals surface area contributed by atoms with Gasteiger partial charge >= 0.3 is 0 Å². The van der Waals surface area contributed by atoms with Gasteiger partial charge in [-0.05, 0) is 47.9 Å². The topological polar surface area (TPSA) is 63.2 Å². The molecule has 27 heavy (non-hydrogen) atoms. The van der Waals surface area contributed by atoms with E-state index in [0.29, 0.717) is 18.8 Å². The maximum absolute atomic E-state index is 12.4. The van der Waals surface area contributed by atoms with Gasteiger partial charge in [0.15, 0.2) is 0 Å². The third kappa shape index (κ3) is 5.07. The van der Waals surface area contributed by atoms with Crippen LogP contribution in [-0.2, 0) is 13.1 Å². The molecule has 0 saturated heterocycles. The minimum atomic E-state index is -0.203. The zero-order valence-corrected chi connectivity index (χ0v) is 15.5.